The largest absolute Gasteiger partial charge is 0.324 e. The molecule has 2 aromatic carbocycles. The molecule has 35 heavy (non-hydrogen) atoms. The van der Waals surface area contributed by atoms with E-state index in [1.807, 2.05) is 72.4 Å². The Bertz CT molecular complexity index is 1600. The second-order valence-corrected chi connectivity index (χ2v) is 8.76. The minimum absolute atomic E-state index is 0.378. The Balaban J connectivity index is 1.64. The van der Waals surface area contributed by atoms with Crippen LogP contribution >= 0.6 is 11.6 Å². The van der Waals surface area contributed by atoms with Crippen LogP contribution in [-0.2, 0) is 4.79 Å². The maximum Gasteiger partial charge on any atom is 0.280 e. The highest BCUT2D eigenvalue weighted by molar-refractivity contribution is 6.31. The van der Waals surface area contributed by atoms with Crippen LogP contribution in [0.4, 0.5) is 5.69 Å². The highest BCUT2D eigenvalue weighted by atomic mass is 35.5. The third-order valence-corrected chi connectivity index (χ3v) is 6.33. The van der Waals surface area contributed by atoms with Gasteiger partial charge >= 0.3 is 0 Å². The van der Waals surface area contributed by atoms with Crippen molar-refractivity contribution < 1.29 is 4.79 Å². The van der Waals surface area contributed by atoms with Gasteiger partial charge in [-0.1, -0.05) is 35.9 Å². The van der Waals surface area contributed by atoms with E-state index in [1.54, 1.807) is 30.7 Å². The zero-order valence-electron chi connectivity index (χ0n) is 19.4. The first kappa shape index (κ1) is 22.6. The Morgan fingerprint density at radius 1 is 1.00 bits per heavy atom. The van der Waals surface area contributed by atoms with Crippen LogP contribution in [0.2, 0.25) is 5.02 Å². The maximum absolute atomic E-state index is 13.8. The van der Waals surface area contributed by atoms with E-state index >= 15 is 0 Å². The van der Waals surface area contributed by atoms with Crippen molar-refractivity contribution in [3.8, 4) is 11.5 Å². The lowest BCUT2D eigenvalue weighted by Gasteiger charge is -2.15. The first-order chi connectivity index (χ1) is 16.8. The Morgan fingerprint density at radius 3 is 2.40 bits per heavy atom. The van der Waals surface area contributed by atoms with Crippen molar-refractivity contribution in [1.29, 1.82) is 0 Å². The van der Waals surface area contributed by atoms with Crippen molar-refractivity contribution in [2.24, 2.45) is 0 Å². The summed E-state index contributed by atoms with van der Waals surface area (Å²) < 4.78 is 4.78. The SMILES string of the molecule is Cc1ccc(NC(=O)[C@@H](C)n2nc(C)c3nn(-c4ccccc4)c(-n4cccc4)c3c2=O)cc1Cl. The number of para-hydroxylation sites is 1. The molecule has 0 unspecified atom stereocenters. The van der Waals surface area contributed by atoms with Crippen LogP contribution in [0.5, 0.6) is 0 Å². The van der Waals surface area contributed by atoms with Crippen LogP contribution in [0.3, 0.4) is 0 Å². The number of nitrogens with zero attached hydrogens (tertiary/aromatic N) is 5. The lowest BCUT2D eigenvalue weighted by atomic mass is 10.2. The predicted molar refractivity (Wildman–Crippen MR) is 137 cm³/mol. The van der Waals surface area contributed by atoms with E-state index in [0.717, 1.165) is 11.3 Å². The van der Waals surface area contributed by atoms with Gasteiger partial charge in [0.2, 0.25) is 5.91 Å². The Hall–Kier alpha value is -4.17. The normalized spacial score (nSPS) is 12.1. The molecule has 3 aromatic heterocycles. The lowest BCUT2D eigenvalue weighted by molar-refractivity contribution is -0.119. The lowest BCUT2D eigenvalue weighted by Crippen LogP contribution is -2.34. The summed E-state index contributed by atoms with van der Waals surface area (Å²) >= 11 is 6.19. The summed E-state index contributed by atoms with van der Waals surface area (Å²) in [4.78, 5) is 26.8. The molecule has 3 heterocycles. The van der Waals surface area contributed by atoms with Gasteiger partial charge in [-0.05, 0) is 62.7 Å². The summed E-state index contributed by atoms with van der Waals surface area (Å²) in [6.07, 6.45) is 3.71. The smallest absolute Gasteiger partial charge is 0.280 e. The van der Waals surface area contributed by atoms with Crippen molar-refractivity contribution in [3.63, 3.8) is 0 Å². The zero-order chi connectivity index (χ0) is 24.7. The van der Waals surface area contributed by atoms with Crippen LogP contribution in [0, 0.1) is 13.8 Å². The minimum Gasteiger partial charge on any atom is -0.324 e. The highest BCUT2D eigenvalue weighted by Crippen LogP contribution is 2.25. The highest BCUT2D eigenvalue weighted by Gasteiger charge is 2.25. The van der Waals surface area contributed by atoms with E-state index in [9.17, 15) is 9.59 Å². The summed E-state index contributed by atoms with van der Waals surface area (Å²) in [5.41, 5.74) is 2.89. The fourth-order valence-electron chi connectivity index (χ4n) is 3.98. The number of hydrogen-bond donors (Lipinski definition) is 1. The molecule has 0 fully saturated rings. The van der Waals surface area contributed by atoms with Crippen molar-refractivity contribution in [2.75, 3.05) is 5.32 Å². The molecule has 1 atom stereocenters. The maximum atomic E-state index is 13.8. The number of aromatic nitrogens is 5. The summed E-state index contributed by atoms with van der Waals surface area (Å²) in [6.45, 7) is 5.31. The topological polar surface area (TPSA) is 86.7 Å². The number of benzene rings is 2. The standard InChI is InChI=1S/C26H23ClN6O2/c1-16-11-12-19(15-21(16)27)28-24(34)18(3)32-26(35)22-23(17(2)29-32)30-33(20-9-5-4-6-10-20)25(22)31-13-7-8-14-31/h4-15,18H,1-3H3,(H,28,34)/t18-/m1/s1. The number of fused-ring (bicyclic) bond motifs is 1. The van der Waals surface area contributed by atoms with Crippen molar-refractivity contribution in [2.45, 2.75) is 26.8 Å². The van der Waals surface area contributed by atoms with Gasteiger partial charge in [0.05, 0.1) is 11.4 Å². The number of anilines is 1. The third-order valence-electron chi connectivity index (χ3n) is 5.92. The average Bonchev–Trinajstić information content (AvgIpc) is 3.52. The van der Waals surface area contributed by atoms with Gasteiger partial charge < -0.3 is 9.88 Å². The molecular weight excluding hydrogens is 464 g/mol. The number of hydrogen-bond acceptors (Lipinski definition) is 4. The third kappa shape index (κ3) is 4.02. The molecule has 9 heteroatoms. The van der Waals surface area contributed by atoms with Gasteiger partial charge in [0, 0.05) is 23.1 Å². The van der Waals surface area contributed by atoms with Crippen LogP contribution in [0.1, 0.15) is 24.2 Å². The molecule has 0 radical (unpaired) electrons. The molecule has 176 valence electrons. The minimum atomic E-state index is -0.872. The summed E-state index contributed by atoms with van der Waals surface area (Å²) in [5.74, 6) is 0.203. The monoisotopic (exact) mass is 486 g/mol. The Morgan fingerprint density at radius 2 is 1.71 bits per heavy atom. The fraction of sp³-hybridized carbons (Fsp3) is 0.154. The number of aryl methyl sites for hydroxylation is 2. The molecular formula is C26H23ClN6O2. The second kappa shape index (κ2) is 8.88. The Kier molecular flexibility index (Phi) is 5.74. The number of nitrogens with one attached hydrogen (secondary N) is 1. The summed E-state index contributed by atoms with van der Waals surface area (Å²) in [5, 5.41) is 13.0. The van der Waals surface area contributed by atoms with Crippen molar-refractivity contribution in [3.05, 3.63) is 99.7 Å². The predicted octanol–water partition coefficient (Wildman–Crippen LogP) is 4.84. The van der Waals surface area contributed by atoms with Crippen molar-refractivity contribution >= 4 is 34.1 Å². The molecule has 0 bridgehead atoms. The fourth-order valence-corrected chi connectivity index (χ4v) is 4.16. The van der Waals surface area contributed by atoms with Crippen LogP contribution in [0.15, 0.2) is 77.9 Å². The van der Waals surface area contributed by atoms with E-state index in [4.69, 9.17) is 16.7 Å². The summed E-state index contributed by atoms with van der Waals surface area (Å²) in [6, 6.07) is 17.7. The van der Waals surface area contributed by atoms with Gasteiger partial charge in [0.1, 0.15) is 16.9 Å². The zero-order valence-corrected chi connectivity index (χ0v) is 20.2. The molecule has 0 saturated carbocycles. The number of amides is 1. The van der Waals surface area contributed by atoms with Crippen LogP contribution in [0.25, 0.3) is 22.4 Å². The van der Waals surface area contributed by atoms with E-state index in [2.05, 4.69) is 10.4 Å². The van der Waals surface area contributed by atoms with Gasteiger partial charge in [-0.15, -0.1) is 0 Å². The molecule has 0 aliphatic rings. The molecule has 0 saturated heterocycles. The molecule has 0 aliphatic heterocycles. The number of halogens is 1. The van der Waals surface area contributed by atoms with Gasteiger partial charge in [0.25, 0.3) is 5.56 Å². The molecule has 5 aromatic rings. The van der Waals surface area contributed by atoms with Gasteiger partial charge in [-0.25, -0.2) is 9.36 Å². The van der Waals surface area contributed by atoms with E-state index < -0.39 is 11.6 Å². The van der Waals surface area contributed by atoms with Crippen LogP contribution in [-0.4, -0.2) is 30.0 Å². The van der Waals surface area contributed by atoms with E-state index in [-0.39, 0.29) is 5.91 Å². The molecule has 8 nitrogen and oxygen atoms in total. The van der Waals surface area contributed by atoms with E-state index in [0.29, 0.717) is 33.1 Å². The first-order valence-electron chi connectivity index (χ1n) is 11.1. The first-order valence-corrected chi connectivity index (χ1v) is 11.5. The number of rotatable bonds is 5. The van der Waals surface area contributed by atoms with Gasteiger partial charge in [0.15, 0.2) is 5.82 Å². The molecule has 5 rings (SSSR count). The second-order valence-electron chi connectivity index (χ2n) is 8.35. The average molecular weight is 487 g/mol. The van der Waals surface area contributed by atoms with Gasteiger partial charge in [-0.3, -0.25) is 9.59 Å². The van der Waals surface area contributed by atoms with Crippen molar-refractivity contribution in [1.82, 2.24) is 24.1 Å². The summed E-state index contributed by atoms with van der Waals surface area (Å²) in [7, 11) is 0. The molecule has 0 spiro atoms. The molecule has 1 amide bonds. The number of carbonyl (C=O) groups excluding carboxylic acids is 1. The van der Waals surface area contributed by atoms with Gasteiger partial charge in [-0.2, -0.15) is 10.2 Å². The van der Waals surface area contributed by atoms with Crippen LogP contribution < -0.4 is 10.9 Å². The Labute approximate surface area is 206 Å². The quantitative estimate of drug-likeness (QED) is 0.385. The van der Waals surface area contributed by atoms with E-state index in [1.165, 1.54) is 4.68 Å². The number of carbonyl (C=O) groups is 1. The molecule has 0 aliphatic carbocycles. The molecule has 1 N–H and O–H groups in total.